The number of aromatic nitrogens is 4. The normalized spacial score (nSPS) is 10.9. The van der Waals surface area contributed by atoms with Crippen LogP contribution in [0.15, 0.2) is 94.7 Å². The maximum Gasteiger partial charge on any atom is 0.277 e. The number of rotatable bonds is 8. The Hall–Kier alpha value is -4.04. The highest BCUT2D eigenvalue weighted by atomic mass is 32.2. The molecule has 0 atom stereocenters. The summed E-state index contributed by atoms with van der Waals surface area (Å²) in [5, 5.41) is 13.8. The second kappa shape index (κ2) is 9.84. The molecule has 7 nitrogen and oxygen atoms in total. The molecule has 0 spiro atoms. The first kappa shape index (κ1) is 21.8. The molecule has 5 aromatic rings. The molecule has 34 heavy (non-hydrogen) atoms. The van der Waals surface area contributed by atoms with Crippen LogP contribution in [-0.2, 0) is 5.75 Å². The van der Waals surface area contributed by atoms with Crippen LogP contribution in [0.3, 0.4) is 0 Å². The van der Waals surface area contributed by atoms with Gasteiger partial charge in [0.15, 0.2) is 0 Å². The highest BCUT2D eigenvalue weighted by Gasteiger charge is 2.17. The summed E-state index contributed by atoms with van der Waals surface area (Å²) in [5.74, 6) is 2.53. The van der Waals surface area contributed by atoms with Crippen LogP contribution in [0.25, 0.3) is 28.4 Å². The predicted octanol–water partition coefficient (Wildman–Crippen LogP) is 5.90. The SMILES string of the molecule is COc1ccc(-c2nn(-c3ccccc3)cc2CSc2nnc(-c3ccccc3OC)o2)cc1. The Labute approximate surface area is 201 Å². The van der Waals surface area contributed by atoms with Crippen LogP contribution in [0.1, 0.15) is 5.56 Å². The summed E-state index contributed by atoms with van der Waals surface area (Å²) in [6, 6.07) is 25.5. The van der Waals surface area contributed by atoms with Crippen molar-refractivity contribution < 1.29 is 13.9 Å². The minimum Gasteiger partial charge on any atom is -0.497 e. The Kier molecular flexibility index (Phi) is 6.31. The molecule has 0 amide bonds. The fourth-order valence-electron chi connectivity index (χ4n) is 3.56. The zero-order valence-electron chi connectivity index (χ0n) is 18.7. The monoisotopic (exact) mass is 470 g/mol. The van der Waals surface area contributed by atoms with E-state index in [0.29, 0.717) is 22.6 Å². The molecule has 2 aromatic heterocycles. The van der Waals surface area contributed by atoms with Crippen molar-refractivity contribution in [2.45, 2.75) is 11.0 Å². The summed E-state index contributed by atoms with van der Waals surface area (Å²) >= 11 is 1.47. The Balaban J connectivity index is 1.43. The molecule has 0 aliphatic carbocycles. The van der Waals surface area contributed by atoms with Crippen molar-refractivity contribution in [2.24, 2.45) is 0 Å². The maximum atomic E-state index is 5.92. The fourth-order valence-corrected chi connectivity index (χ4v) is 4.28. The largest absolute Gasteiger partial charge is 0.497 e. The Morgan fingerprint density at radius 3 is 2.38 bits per heavy atom. The van der Waals surface area contributed by atoms with E-state index in [1.807, 2.05) is 89.7 Å². The van der Waals surface area contributed by atoms with Gasteiger partial charge in [-0.25, -0.2) is 4.68 Å². The van der Waals surface area contributed by atoms with Gasteiger partial charge in [0.1, 0.15) is 11.5 Å². The molecule has 0 unspecified atom stereocenters. The molecule has 3 aromatic carbocycles. The number of hydrogen-bond acceptors (Lipinski definition) is 7. The topological polar surface area (TPSA) is 75.2 Å². The molecule has 2 heterocycles. The van der Waals surface area contributed by atoms with Crippen molar-refractivity contribution in [3.63, 3.8) is 0 Å². The van der Waals surface area contributed by atoms with Crippen molar-refractivity contribution in [2.75, 3.05) is 14.2 Å². The molecule has 0 aliphatic rings. The lowest BCUT2D eigenvalue weighted by atomic mass is 10.1. The van der Waals surface area contributed by atoms with Gasteiger partial charge in [-0.3, -0.25) is 0 Å². The zero-order chi connectivity index (χ0) is 23.3. The number of para-hydroxylation sites is 2. The van der Waals surface area contributed by atoms with E-state index in [-0.39, 0.29) is 0 Å². The van der Waals surface area contributed by atoms with Gasteiger partial charge < -0.3 is 13.9 Å². The lowest BCUT2D eigenvalue weighted by molar-refractivity contribution is 0.411. The summed E-state index contributed by atoms with van der Waals surface area (Å²) in [6.07, 6.45) is 2.04. The number of nitrogens with zero attached hydrogens (tertiary/aromatic N) is 4. The number of ether oxygens (including phenoxy) is 2. The van der Waals surface area contributed by atoms with Crippen molar-refractivity contribution in [3.05, 3.63) is 90.6 Å². The standard InChI is InChI=1S/C26H22N4O3S/c1-31-21-14-12-18(13-15-21)24-19(16-30(29-24)20-8-4-3-5-9-20)17-34-26-28-27-25(33-26)22-10-6-7-11-23(22)32-2/h3-16H,17H2,1-2H3. The van der Waals surface area contributed by atoms with Crippen LogP contribution >= 0.6 is 11.8 Å². The second-order valence-electron chi connectivity index (χ2n) is 7.37. The summed E-state index contributed by atoms with van der Waals surface area (Å²) in [7, 11) is 3.28. The highest BCUT2D eigenvalue weighted by Crippen LogP contribution is 2.33. The molecule has 5 rings (SSSR count). The van der Waals surface area contributed by atoms with Gasteiger partial charge in [0.25, 0.3) is 11.1 Å². The lowest BCUT2D eigenvalue weighted by Gasteiger charge is -2.04. The Morgan fingerprint density at radius 1 is 0.853 bits per heavy atom. The quantitative estimate of drug-likeness (QED) is 0.261. The molecule has 0 fully saturated rings. The molecular formula is C26H22N4O3S. The van der Waals surface area contributed by atoms with Gasteiger partial charge in [0.05, 0.1) is 31.2 Å². The van der Waals surface area contributed by atoms with Crippen LogP contribution in [-0.4, -0.2) is 34.2 Å². The van der Waals surface area contributed by atoms with Crippen LogP contribution in [0, 0.1) is 0 Å². The molecule has 0 N–H and O–H groups in total. The van der Waals surface area contributed by atoms with Crippen LogP contribution < -0.4 is 9.47 Å². The molecule has 8 heteroatoms. The third kappa shape index (κ3) is 4.53. The van der Waals surface area contributed by atoms with E-state index in [4.69, 9.17) is 19.0 Å². The number of hydrogen-bond donors (Lipinski definition) is 0. The summed E-state index contributed by atoms with van der Waals surface area (Å²) < 4.78 is 18.5. The average Bonchev–Trinajstić information content (AvgIpc) is 3.55. The molecule has 0 radical (unpaired) electrons. The molecule has 0 bridgehead atoms. The third-order valence-electron chi connectivity index (χ3n) is 5.27. The van der Waals surface area contributed by atoms with E-state index in [2.05, 4.69) is 10.2 Å². The number of benzene rings is 3. The van der Waals surface area contributed by atoms with Gasteiger partial charge in [-0.2, -0.15) is 5.10 Å². The fraction of sp³-hybridized carbons (Fsp3) is 0.115. The smallest absolute Gasteiger partial charge is 0.277 e. The van der Waals surface area contributed by atoms with Crippen molar-refractivity contribution in [1.82, 2.24) is 20.0 Å². The van der Waals surface area contributed by atoms with Crippen molar-refractivity contribution >= 4 is 11.8 Å². The summed E-state index contributed by atoms with van der Waals surface area (Å²) in [5.41, 5.74) is 4.70. The Bertz CT molecular complexity index is 1380. The molecule has 170 valence electrons. The maximum absolute atomic E-state index is 5.92. The van der Waals surface area contributed by atoms with Gasteiger partial charge in [-0.05, 0) is 48.5 Å². The van der Waals surface area contributed by atoms with Crippen LogP contribution in [0.2, 0.25) is 0 Å². The third-order valence-corrected chi connectivity index (χ3v) is 6.14. The Morgan fingerprint density at radius 2 is 1.62 bits per heavy atom. The minimum atomic E-state index is 0.426. The highest BCUT2D eigenvalue weighted by molar-refractivity contribution is 7.98. The van der Waals surface area contributed by atoms with E-state index in [1.165, 1.54) is 11.8 Å². The van der Waals surface area contributed by atoms with E-state index in [1.54, 1.807) is 14.2 Å². The van der Waals surface area contributed by atoms with Gasteiger partial charge in [0.2, 0.25) is 0 Å². The van der Waals surface area contributed by atoms with Gasteiger partial charge in [0, 0.05) is 23.1 Å². The lowest BCUT2D eigenvalue weighted by Crippen LogP contribution is -1.94. The van der Waals surface area contributed by atoms with E-state index in [9.17, 15) is 0 Å². The van der Waals surface area contributed by atoms with E-state index in [0.717, 1.165) is 33.8 Å². The van der Waals surface area contributed by atoms with Crippen molar-refractivity contribution in [3.8, 4) is 39.9 Å². The molecule has 0 aliphatic heterocycles. The van der Waals surface area contributed by atoms with E-state index < -0.39 is 0 Å². The summed E-state index contributed by atoms with van der Waals surface area (Å²) in [4.78, 5) is 0. The molecule has 0 saturated carbocycles. The predicted molar refractivity (Wildman–Crippen MR) is 131 cm³/mol. The van der Waals surface area contributed by atoms with Gasteiger partial charge >= 0.3 is 0 Å². The number of thioether (sulfide) groups is 1. The van der Waals surface area contributed by atoms with Crippen LogP contribution in [0.5, 0.6) is 11.5 Å². The average molecular weight is 471 g/mol. The molecular weight excluding hydrogens is 448 g/mol. The van der Waals surface area contributed by atoms with Gasteiger partial charge in [-0.1, -0.05) is 42.1 Å². The summed E-state index contributed by atoms with van der Waals surface area (Å²) in [6.45, 7) is 0. The van der Waals surface area contributed by atoms with Crippen LogP contribution in [0.4, 0.5) is 0 Å². The number of methoxy groups -OCH3 is 2. The second-order valence-corrected chi connectivity index (χ2v) is 8.30. The molecule has 0 saturated heterocycles. The van der Waals surface area contributed by atoms with E-state index >= 15 is 0 Å². The van der Waals surface area contributed by atoms with Crippen molar-refractivity contribution in [1.29, 1.82) is 0 Å². The first-order valence-corrected chi connectivity index (χ1v) is 11.6. The first-order chi connectivity index (χ1) is 16.7. The minimum absolute atomic E-state index is 0.426. The first-order valence-electron chi connectivity index (χ1n) is 10.6. The zero-order valence-corrected chi connectivity index (χ0v) is 19.5. The van der Waals surface area contributed by atoms with Gasteiger partial charge in [-0.15, -0.1) is 10.2 Å².